The molecular formula is C19H19FN4O3. The number of nitrogens with zero attached hydrogens (tertiary/aromatic N) is 2. The summed E-state index contributed by atoms with van der Waals surface area (Å²) in [5.41, 5.74) is 1.64. The fraction of sp³-hybridized carbons (Fsp3) is 0.211. The number of rotatable bonds is 5. The third-order valence-electron chi connectivity index (χ3n) is 4.18. The van der Waals surface area contributed by atoms with E-state index >= 15 is 0 Å². The number of aromatic nitrogens is 2. The third-order valence-corrected chi connectivity index (χ3v) is 4.18. The summed E-state index contributed by atoms with van der Waals surface area (Å²) in [5, 5.41) is 5.01. The van der Waals surface area contributed by atoms with Gasteiger partial charge in [-0.3, -0.25) is 18.7 Å². The van der Waals surface area contributed by atoms with E-state index < -0.39 is 11.7 Å². The molecule has 3 aromatic rings. The van der Waals surface area contributed by atoms with Crippen LogP contribution in [0, 0.1) is 5.82 Å². The summed E-state index contributed by atoms with van der Waals surface area (Å²) < 4.78 is 17.0. The van der Waals surface area contributed by atoms with Crippen molar-refractivity contribution in [1.82, 2.24) is 9.13 Å². The van der Waals surface area contributed by atoms with Crippen LogP contribution in [0.25, 0.3) is 11.0 Å². The molecule has 0 aliphatic carbocycles. The zero-order valence-electron chi connectivity index (χ0n) is 15.0. The zero-order chi connectivity index (χ0) is 19.6. The Balaban J connectivity index is 1.74. The van der Waals surface area contributed by atoms with Crippen molar-refractivity contribution in [3.8, 4) is 0 Å². The van der Waals surface area contributed by atoms with Crippen LogP contribution in [0.2, 0.25) is 0 Å². The van der Waals surface area contributed by atoms with Crippen molar-refractivity contribution < 1.29 is 14.0 Å². The first-order valence-electron chi connectivity index (χ1n) is 8.38. The molecule has 8 heteroatoms. The second kappa shape index (κ2) is 7.45. The molecule has 0 fully saturated rings. The molecule has 1 aromatic heterocycles. The number of hydrogen-bond acceptors (Lipinski definition) is 3. The van der Waals surface area contributed by atoms with Gasteiger partial charge in [0.05, 0.1) is 16.7 Å². The molecule has 3 rings (SSSR count). The van der Waals surface area contributed by atoms with Crippen LogP contribution in [0.3, 0.4) is 0 Å². The maximum atomic E-state index is 13.9. The summed E-state index contributed by atoms with van der Waals surface area (Å²) in [4.78, 5) is 35.7. The molecule has 0 atom stereocenters. The number of hydrogen-bond donors (Lipinski definition) is 2. The number of para-hydroxylation sites is 2. The summed E-state index contributed by atoms with van der Waals surface area (Å²) in [6, 6.07) is 11.2. The van der Waals surface area contributed by atoms with Crippen LogP contribution >= 0.6 is 0 Å². The number of halogens is 1. The van der Waals surface area contributed by atoms with Gasteiger partial charge in [-0.15, -0.1) is 0 Å². The van der Waals surface area contributed by atoms with Gasteiger partial charge < -0.3 is 10.6 Å². The number of benzene rings is 2. The predicted octanol–water partition coefficient (Wildman–Crippen LogP) is 2.47. The molecule has 0 saturated carbocycles. The number of aryl methyl sites for hydroxylation is 2. The van der Waals surface area contributed by atoms with Gasteiger partial charge in [-0.25, -0.2) is 9.18 Å². The Morgan fingerprint density at radius 3 is 2.48 bits per heavy atom. The van der Waals surface area contributed by atoms with Crippen LogP contribution in [-0.4, -0.2) is 20.9 Å². The molecule has 7 nitrogen and oxygen atoms in total. The van der Waals surface area contributed by atoms with E-state index in [4.69, 9.17) is 0 Å². The normalized spacial score (nSPS) is 10.8. The number of carbonyl (C=O) groups excluding carboxylic acids is 2. The highest BCUT2D eigenvalue weighted by molar-refractivity contribution is 5.93. The van der Waals surface area contributed by atoms with E-state index in [1.807, 2.05) is 24.3 Å². The standard InChI is InChI=1S/C19H19FN4O3/c1-12(25)21-13-7-8-14(20)15(11-13)22-18(26)9-10-24-17-6-4-3-5-16(17)23(2)19(24)27/h3-8,11H,9-10H2,1-2H3,(H,21,25)(H,22,26). The minimum absolute atomic E-state index is 0.00226. The summed E-state index contributed by atoms with van der Waals surface area (Å²) in [7, 11) is 1.67. The van der Waals surface area contributed by atoms with Crippen LogP contribution in [0.4, 0.5) is 15.8 Å². The molecule has 2 aromatic carbocycles. The number of anilines is 2. The number of nitrogens with one attached hydrogen (secondary N) is 2. The largest absolute Gasteiger partial charge is 0.328 e. The maximum Gasteiger partial charge on any atom is 0.328 e. The van der Waals surface area contributed by atoms with E-state index in [9.17, 15) is 18.8 Å². The average molecular weight is 370 g/mol. The lowest BCUT2D eigenvalue weighted by Crippen LogP contribution is -2.24. The molecule has 0 saturated heterocycles. The molecule has 0 bridgehead atoms. The van der Waals surface area contributed by atoms with Gasteiger partial charge in [0.2, 0.25) is 11.8 Å². The Bertz CT molecular complexity index is 1080. The van der Waals surface area contributed by atoms with E-state index in [0.717, 1.165) is 17.1 Å². The van der Waals surface area contributed by atoms with Gasteiger partial charge in [0.25, 0.3) is 0 Å². The molecule has 2 amide bonds. The van der Waals surface area contributed by atoms with Gasteiger partial charge in [0.15, 0.2) is 0 Å². The van der Waals surface area contributed by atoms with Crippen LogP contribution in [-0.2, 0) is 23.2 Å². The second-order valence-electron chi connectivity index (χ2n) is 6.16. The van der Waals surface area contributed by atoms with E-state index in [1.54, 1.807) is 7.05 Å². The van der Waals surface area contributed by atoms with Crippen molar-refractivity contribution in [2.24, 2.45) is 7.05 Å². The minimum atomic E-state index is -0.611. The van der Waals surface area contributed by atoms with Crippen LogP contribution in [0.5, 0.6) is 0 Å². The molecule has 0 unspecified atom stereocenters. The van der Waals surface area contributed by atoms with Crippen molar-refractivity contribution in [1.29, 1.82) is 0 Å². The molecule has 140 valence electrons. The Morgan fingerprint density at radius 2 is 1.78 bits per heavy atom. The number of imidazole rings is 1. The third kappa shape index (κ3) is 3.89. The predicted molar refractivity (Wildman–Crippen MR) is 101 cm³/mol. The summed E-state index contributed by atoms with van der Waals surface area (Å²) in [6.07, 6.45) is -0.00226. The Kier molecular flexibility index (Phi) is 5.07. The molecular weight excluding hydrogens is 351 g/mol. The van der Waals surface area contributed by atoms with E-state index in [0.29, 0.717) is 5.69 Å². The minimum Gasteiger partial charge on any atom is -0.326 e. The quantitative estimate of drug-likeness (QED) is 0.724. The zero-order valence-corrected chi connectivity index (χ0v) is 15.0. The molecule has 0 aliphatic rings. The first-order valence-corrected chi connectivity index (χ1v) is 8.38. The second-order valence-corrected chi connectivity index (χ2v) is 6.16. The lowest BCUT2D eigenvalue weighted by Gasteiger charge is -2.09. The highest BCUT2D eigenvalue weighted by Gasteiger charge is 2.13. The van der Waals surface area contributed by atoms with Gasteiger partial charge in [-0.1, -0.05) is 12.1 Å². The Labute approximate surface area is 154 Å². The van der Waals surface area contributed by atoms with Gasteiger partial charge in [0.1, 0.15) is 5.82 Å². The van der Waals surface area contributed by atoms with E-state index in [-0.39, 0.29) is 30.2 Å². The summed E-state index contributed by atoms with van der Waals surface area (Å²) >= 11 is 0. The van der Waals surface area contributed by atoms with Gasteiger partial charge in [0, 0.05) is 32.6 Å². The fourth-order valence-corrected chi connectivity index (χ4v) is 2.91. The lowest BCUT2D eigenvalue weighted by molar-refractivity contribution is -0.116. The van der Waals surface area contributed by atoms with Gasteiger partial charge >= 0.3 is 5.69 Å². The maximum absolute atomic E-state index is 13.9. The number of amides is 2. The topological polar surface area (TPSA) is 85.1 Å². The molecule has 2 N–H and O–H groups in total. The summed E-state index contributed by atoms with van der Waals surface area (Å²) in [6.45, 7) is 1.50. The van der Waals surface area contributed by atoms with Gasteiger partial charge in [-0.05, 0) is 30.3 Å². The molecule has 0 aliphatic heterocycles. The first kappa shape index (κ1) is 18.4. The van der Waals surface area contributed by atoms with Gasteiger partial charge in [-0.2, -0.15) is 0 Å². The molecule has 27 heavy (non-hydrogen) atoms. The van der Waals surface area contributed by atoms with Crippen molar-refractivity contribution >= 4 is 34.2 Å². The Hall–Kier alpha value is -3.42. The van der Waals surface area contributed by atoms with Crippen molar-refractivity contribution in [2.75, 3.05) is 10.6 Å². The number of fused-ring (bicyclic) bond motifs is 1. The first-order chi connectivity index (χ1) is 12.9. The van der Waals surface area contributed by atoms with Crippen LogP contribution in [0.15, 0.2) is 47.3 Å². The van der Waals surface area contributed by atoms with Crippen LogP contribution < -0.4 is 16.3 Å². The highest BCUT2D eigenvalue weighted by Crippen LogP contribution is 2.20. The lowest BCUT2D eigenvalue weighted by atomic mass is 10.2. The smallest absolute Gasteiger partial charge is 0.326 e. The average Bonchev–Trinajstić information content (AvgIpc) is 2.87. The SMILES string of the molecule is CC(=O)Nc1ccc(F)c(NC(=O)CCn2c(=O)n(C)c3ccccc32)c1. The van der Waals surface area contributed by atoms with Crippen LogP contribution in [0.1, 0.15) is 13.3 Å². The highest BCUT2D eigenvalue weighted by atomic mass is 19.1. The fourth-order valence-electron chi connectivity index (χ4n) is 2.91. The Morgan fingerprint density at radius 1 is 1.07 bits per heavy atom. The monoisotopic (exact) mass is 370 g/mol. The van der Waals surface area contributed by atoms with Crippen molar-refractivity contribution in [2.45, 2.75) is 19.9 Å². The molecule has 0 spiro atoms. The molecule has 0 radical (unpaired) electrons. The van der Waals surface area contributed by atoms with Crippen molar-refractivity contribution in [3.05, 3.63) is 58.8 Å². The summed E-state index contributed by atoms with van der Waals surface area (Å²) in [5.74, 6) is -1.34. The number of carbonyl (C=O) groups is 2. The van der Waals surface area contributed by atoms with E-state index in [2.05, 4.69) is 10.6 Å². The van der Waals surface area contributed by atoms with E-state index in [1.165, 1.54) is 28.2 Å². The van der Waals surface area contributed by atoms with Crippen molar-refractivity contribution in [3.63, 3.8) is 0 Å². The molecule has 1 heterocycles.